The average Bonchev–Trinajstić information content (AvgIpc) is 3.43. The van der Waals surface area contributed by atoms with Gasteiger partial charge in [-0.05, 0) is 35.1 Å². The van der Waals surface area contributed by atoms with Gasteiger partial charge in [0.15, 0.2) is 0 Å². The van der Waals surface area contributed by atoms with Crippen LogP contribution in [0.5, 0.6) is 0 Å². The zero-order valence-electron chi connectivity index (χ0n) is 19.2. The average molecular weight is 467 g/mol. The van der Waals surface area contributed by atoms with Gasteiger partial charge in [-0.3, -0.25) is 9.59 Å². The van der Waals surface area contributed by atoms with Crippen molar-refractivity contribution >= 4 is 18.0 Å². The van der Waals surface area contributed by atoms with Gasteiger partial charge in [-0.2, -0.15) is 0 Å². The first-order valence-electron chi connectivity index (χ1n) is 11.7. The maximum atomic E-state index is 12.6. The molecule has 34 heavy (non-hydrogen) atoms. The highest BCUT2D eigenvalue weighted by atomic mass is 16.5. The zero-order valence-corrected chi connectivity index (χ0v) is 19.2. The van der Waals surface area contributed by atoms with Crippen LogP contribution in [0.3, 0.4) is 0 Å². The van der Waals surface area contributed by atoms with Crippen molar-refractivity contribution < 1.29 is 29.0 Å². The van der Waals surface area contributed by atoms with E-state index in [1.54, 1.807) is 0 Å². The first-order valence-corrected chi connectivity index (χ1v) is 11.7. The van der Waals surface area contributed by atoms with Crippen LogP contribution in [0.1, 0.15) is 43.2 Å². The van der Waals surface area contributed by atoms with Crippen LogP contribution in [0.4, 0.5) is 4.79 Å². The lowest BCUT2D eigenvalue weighted by atomic mass is 9.98. The van der Waals surface area contributed by atoms with E-state index in [4.69, 9.17) is 14.6 Å². The lowest BCUT2D eigenvalue weighted by Crippen LogP contribution is -2.46. The van der Waals surface area contributed by atoms with Crippen molar-refractivity contribution in [2.75, 3.05) is 19.8 Å². The number of carboxylic acid groups (broad SMARTS) is 1. The second-order valence-electron chi connectivity index (χ2n) is 8.76. The molecule has 0 aromatic heterocycles. The van der Waals surface area contributed by atoms with Gasteiger partial charge >= 0.3 is 12.1 Å². The number of nitrogens with one attached hydrogen (secondary N) is 2. The summed E-state index contributed by atoms with van der Waals surface area (Å²) in [6, 6.07) is 15.8. The molecule has 4 rings (SSSR count). The highest BCUT2D eigenvalue weighted by molar-refractivity contribution is 5.82. The quantitative estimate of drug-likeness (QED) is 0.523. The Morgan fingerprint density at radius 3 is 2.35 bits per heavy atom. The summed E-state index contributed by atoms with van der Waals surface area (Å²) in [4.78, 5) is 36.0. The van der Waals surface area contributed by atoms with Crippen molar-refractivity contribution in [3.8, 4) is 11.1 Å². The fourth-order valence-corrected chi connectivity index (χ4v) is 4.79. The molecule has 1 saturated heterocycles. The van der Waals surface area contributed by atoms with E-state index in [1.165, 1.54) is 0 Å². The van der Waals surface area contributed by atoms with Crippen LogP contribution in [0, 0.1) is 5.92 Å². The van der Waals surface area contributed by atoms with Gasteiger partial charge in [0.1, 0.15) is 12.7 Å². The van der Waals surface area contributed by atoms with Crippen molar-refractivity contribution in [3.63, 3.8) is 0 Å². The SMILES string of the molecule is CCC(CC(=O)O)NC(=O)C1OCCC1CNC(=O)OCC1c2ccccc2-c2ccccc21. The van der Waals surface area contributed by atoms with E-state index in [0.717, 1.165) is 22.3 Å². The van der Waals surface area contributed by atoms with E-state index in [9.17, 15) is 14.4 Å². The predicted octanol–water partition coefficient (Wildman–Crippen LogP) is 3.30. The molecule has 8 heteroatoms. The first kappa shape index (κ1) is 23.8. The summed E-state index contributed by atoms with van der Waals surface area (Å²) in [5, 5.41) is 14.5. The Morgan fingerprint density at radius 1 is 1.09 bits per heavy atom. The maximum absolute atomic E-state index is 12.6. The summed E-state index contributed by atoms with van der Waals surface area (Å²) in [6.45, 7) is 2.69. The van der Waals surface area contributed by atoms with Crippen molar-refractivity contribution in [2.45, 2.75) is 44.2 Å². The lowest BCUT2D eigenvalue weighted by molar-refractivity contribution is -0.138. The van der Waals surface area contributed by atoms with E-state index in [-0.39, 0.29) is 37.3 Å². The molecule has 1 fully saturated rings. The third kappa shape index (κ3) is 5.22. The molecule has 2 aromatic rings. The zero-order chi connectivity index (χ0) is 24.1. The molecule has 3 N–H and O–H groups in total. The van der Waals surface area contributed by atoms with Gasteiger partial charge in [-0.15, -0.1) is 0 Å². The number of hydrogen-bond donors (Lipinski definition) is 3. The number of hydrogen-bond acceptors (Lipinski definition) is 5. The number of benzene rings is 2. The van der Waals surface area contributed by atoms with Crippen LogP contribution in [0.25, 0.3) is 11.1 Å². The minimum absolute atomic E-state index is 0.0216. The Balaban J connectivity index is 1.29. The number of aliphatic carboxylic acids is 1. The van der Waals surface area contributed by atoms with Crippen molar-refractivity contribution in [3.05, 3.63) is 59.7 Å². The van der Waals surface area contributed by atoms with Crippen LogP contribution in [0.15, 0.2) is 48.5 Å². The number of alkyl carbamates (subject to hydrolysis) is 1. The summed E-state index contributed by atoms with van der Waals surface area (Å²) >= 11 is 0. The van der Waals surface area contributed by atoms with Crippen LogP contribution < -0.4 is 10.6 Å². The van der Waals surface area contributed by atoms with Gasteiger partial charge in [-0.1, -0.05) is 55.5 Å². The third-order valence-corrected chi connectivity index (χ3v) is 6.59. The van der Waals surface area contributed by atoms with E-state index in [0.29, 0.717) is 19.4 Å². The number of ether oxygens (including phenoxy) is 2. The number of carboxylic acids is 1. The highest BCUT2D eigenvalue weighted by Gasteiger charge is 2.35. The smallest absolute Gasteiger partial charge is 0.407 e. The summed E-state index contributed by atoms with van der Waals surface area (Å²) in [6.07, 6.45) is -0.273. The Hall–Kier alpha value is -3.39. The van der Waals surface area contributed by atoms with Gasteiger partial charge in [-0.25, -0.2) is 4.79 Å². The van der Waals surface area contributed by atoms with Crippen LogP contribution >= 0.6 is 0 Å². The molecule has 3 unspecified atom stereocenters. The molecule has 8 nitrogen and oxygen atoms in total. The fraction of sp³-hybridized carbons (Fsp3) is 0.423. The van der Waals surface area contributed by atoms with Crippen LogP contribution in [0.2, 0.25) is 0 Å². The van der Waals surface area contributed by atoms with Crippen molar-refractivity contribution in [1.82, 2.24) is 10.6 Å². The second kappa shape index (κ2) is 10.7. The van der Waals surface area contributed by atoms with Gasteiger partial charge in [0, 0.05) is 31.0 Å². The predicted molar refractivity (Wildman–Crippen MR) is 125 cm³/mol. The first-order chi connectivity index (χ1) is 16.5. The standard InChI is InChI=1S/C26H30N2O6/c1-2-17(13-23(29)30)28-25(31)24-16(11-12-33-24)14-27-26(32)34-15-22-20-9-5-3-7-18(20)19-8-4-6-10-21(19)22/h3-10,16-17,22,24H,2,11-15H2,1H3,(H,27,32)(H,28,31)(H,29,30). The monoisotopic (exact) mass is 466 g/mol. The number of fused-ring (bicyclic) bond motifs is 3. The molecule has 1 heterocycles. The van der Waals surface area contributed by atoms with Gasteiger partial charge in [0.25, 0.3) is 0 Å². The highest BCUT2D eigenvalue weighted by Crippen LogP contribution is 2.44. The van der Waals surface area contributed by atoms with E-state index >= 15 is 0 Å². The van der Waals surface area contributed by atoms with Crippen molar-refractivity contribution in [2.24, 2.45) is 5.92 Å². The van der Waals surface area contributed by atoms with Gasteiger partial charge < -0.3 is 25.2 Å². The van der Waals surface area contributed by atoms with Crippen LogP contribution in [-0.4, -0.2) is 55.0 Å². The second-order valence-corrected chi connectivity index (χ2v) is 8.76. The van der Waals surface area contributed by atoms with Crippen LogP contribution in [-0.2, 0) is 19.1 Å². The Kier molecular flexibility index (Phi) is 7.47. The van der Waals surface area contributed by atoms with E-state index in [2.05, 4.69) is 34.9 Å². The molecular weight excluding hydrogens is 436 g/mol. The van der Waals surface area contributed by atoms with Gasteiger partial charge in [0.05, 0.1) is 6.42 Å². The summed E-state index contributed by atoms with van der Waals surface area (Å²) < 4.78 is 11.1. The summed E-state index contributed by atoms with van der Waals surface area (Å²) in [7, 11) is 0. The summed E-state index contributed by atoms with van der Waals surface area (Å²) in [5.41, 5.74) is 4.61. The molecule has 3 atom stereocenters. The molecule has 2 amide bonds. The third-order valence-electron chi connectivity index (χ3n) is 6.59. The van der Waals surface area contributed by atoms with E-state index in [1.807, 2.05) is 31.2 Å². The normalized spacial score (nSPS) is 19.7. The minimum Gasteiger partial charge on any atom is -0.481 e. The molecule has 180 valence electrons. The Bertz CT molecular complexity index is 1010. The summed E-state index contributed by atoms with van der Waals surface area (Å²) in [5.74, 6) is -1.53. The van der Waals surface area contributed by atoms with E-state index < -0.39 is 24.2 Å². The van der Waals surface area contributed by atoms with Crippen molar-refractivity contribution in [1.29, 1.82) is 0 Å². The topological polar surface area (TPSA) is 114 Å². The molecule has 0 bridgehead atoms. The number of amides is 2. The fourth-order valence-electron chi connectivity index (χ4n) is 4.79. The molecule has 0 spiro atoms. The molecular formula is C26H30N2O6. The minimum atomic E-state index is -0.965. The number of carbonyl (C=O) groups is 3. The largest absolute Gasteiger partial charge is 0.481 e. The lowest BCUT2D eigenvalue weighted by Gasteiger charge is -2.22. The molecule has 2 aromatic carbocycles. The maximum Gasteiger partial charge on any atom is 0.407 e. The molecule has 0 saturated carbocycles. The number of carbonyl (C=O) groups excluding carboxylic acids is 2. The Labute approximate surface area is 198 Å². The van der Waals surface area contributed by atoms with Gasteiger partial charge in [0.2, 0.25) is 5.91 Å². The molecule has 0 radical (unpaired) electrons. The molecule has 1 aliphatic heterocycles. The molecule has 2 aliphatic rings. The Morgan fingerprint density at radius 2 is 1.74 bits per heavy atom. The number of rotatable bonds is 9. The molecule has 1 aliphatic carbocycles.